The molecule has 0 amide bonds. The quantitative estimate of drug-likeness (QED) is 0.769. The number of hydrogen-bond donors (Lipinski definition) is 1. The van der Waals surface area contributed by atoms with Crippen LogP contribution in [0.25, 0.3) is 0 Å². The van der Waals surface area contributed by atoms with Crippen LogP contribution in [0.3, 0.4) is 0 Å². The summed E-state index contributed by atoms with van der Waals surface area (Å²) in [5.74, 6) is 1.43. The number of nitrogens with zero attached hydrogens (tertiary/aromatic N) is 1. The monoisotopic (exact) mass is 234 g/mol. The lowest BCUT2D eigenvalue weighted by molar-refractivity contribution is -0.118. The lowest BCUT2D eigenvalue weighted by Gasteiger charge is -2.04. The maximum absolute atomic E-state index is 11.2. The van der Waals surface area contributed by atoms with Crippen LogP contribution in [0.1, 0.15) is 45.3 Å². The van der Waals surface area contributed by atoms with Gasteiger partial charge in [0, 0.05) is 26.5 Å². The Morgan fingerprint density at radius 2 is 2.35 bits per heavy atom. The molecule has 1 N–H and O–H groups in total. The third-order valence-corrected chi connectivity index (χ3v) is 3.26. The second-order valence-electron chi connectivity index (χ2n) is 4.59. The fourth-order valence-electron chi connectivity index (χ4n) is 2.14. The van der Waals surface area contributed by atoms with Gasteiger partial charge >= 0.3 is 0 Å². The number of rotatable bonds is 6. The molecule has 1 aliphatic rings. The number of anilines is 1. The number of Topliss-reactive ketones (excluding diaryl/α,β-unsaturated/α-hetero) is 1. The van der Waals surface area contributed by atoms with Gasteiger partial charge in [0.05, 0.1) is 0 Å². The number of carbonyl (C=O) groups is 1. The molecule has 0 bridgehead atoms. The standard InChI is InChI=1S/C14H20N2O.H2/c1-2-13(17)6-4-3-5-12-8-7-11-9-10-15-14(11)16-12;/h7-8H,2-6,9-10H2,1H3,(H,15,16);1H. The Labute approximate surface area is 104 Å². The second-order valence-corrected chi connectivity index (χ2v) is 4.59. The zero-order valence-electron chi connectivity index (χ0n) is 10.5. The summed E-state index contributed by atoms with van der Waals surface area (Å²) in [6.45, 7) is 2.94. The van der Waals surface area contributed by atoms with Gasteiger partial charge in [0.1, 0.15) is 11.6 Å². The highest BCUT2D eigenvalue weighted by molar-refractivity contribution is 5.77. The molecule has 3 nitrogen and oxygen atoms in total. The maximum atomic E-state index is 11.2. The van der Waals surface area contributed by atoms with Crippen LogP contribution in [0.5, 0.6) is 0 Å². The molecular formula is C14H22N2O. The molecule has 0 aliphatic carbocycles. The number of ketones is 1. The Bertz CT molecular complexity index is 407. The lowest BCUT2D eigenvalue weighted by atomic mass is 10.1. The molecule has 0 atom stereocenters. The number of hydrogen-bond acceptors (Lipinski definition) is 3. The van der Waals surface area contributed by atoms with Crippen molar-refractivity contribution in [3.63, 3.8) is 0 Å². The van der Waals surface area contributed by atoms with Crippen LogP contribution in [0.4, 0.5) is 5.82 Å². The zero-order chi connectivity index (χ0) is 12.1. The predicted octanol–water partition coefficient (Wildman–Crippen LogP) is 2.99. The fraction of sp³-hybridized carbons (Fsp3) is 0.571. The van der Waals surface area contributed by atoms with Crippen molar-refractivity contribution in [2.45, 2.75) is 45.4 Å². The van der Waals surface area contributed by atoms with Crippen molar-refractivity contribution in [1.29, 1.82) is 0 Å². The molecule has 1 aliphatic heterocycles. The lowest BCUT2D eigenvalue weighted by Crippen LogP contribution is -1.98. The van der Waals surface area contributed by atoms with E-state index in [-0.39, 0.29) is 1.43 Å². The van der Waals surface area contributed by atoms with Gasteiger partial charge in [-0.2, -0.15) is 0 Å². The first-order valence-electron chi connectivity index (χ1n) is 6.54. The van der Waals surface area contributed by atoms with Crippen LogP contribution in [-0.2, 0) is 17.6 Å². The van der Waals surface area contributed by atoms with Gasteiger partial charge in [-0.15, -0.1) is 0 Å². The van der Waals surface area contributed by atoms with Crippen molar-refractivity contribution in [3.8, 4) is 0 Å². The number of fused-ring (bicyclic) bond motifs is 1. The maximum Gasteiger partial charge on any atom is 0.132 e. The Balaban J connectivity index is 0.00000162. The van der Waals surface area contributed by atoms with Gasteiger partial charge in [-0.05, 0) is 37.3 Å². The average Bonchev–Trinajstić information content (AvgIpc) is 2.81. The first-order chi connectivity index (χ1) is 8.29. The second kappa shape index (κ2) is 5.80. The molecule has 0 saturated carbocycles. The van der Waals surface area contributed by atoms with E-state index in [1.807, 2.05) is 6.92 Å². The number of carbonyl (C=O) groups excluding carboxylic acids is 1. The van der Waals surface area contributed by atoms with Crippen LogP contribution >= 0.6 is 0 Å². The van der Waals surface area contributed by atoms with E-state index in [1.165, 1.54) is 5.56 Å². The zero-order valence-corrected chi connectivity index (χ0v) is 10.5. The van der Waals surface area contributed by atoms with E-state index >= 15 is 0 Å². The first-order valence-corrected chi connectivity index (χ1v) is 6.54. The van der Waals surface area contributed by atoms with Crippen molar-refractivity contribution in [1.82, 2.24) is 4.98 Å². The summed E-state index contributed by atoms with van der Waals surface area (Å²) in [4.78, 5) is 15.7. The van der Waals surface area contributed by atoms with Crippen LogP contribution in [0, 0.1) is 0 Å². The number of aryl methyl sites for hydroxylation is 1. The molecular weight excluding hydrogens is 212 g/mol. The smallest absolute Gasteiger partial charge is 0.132 e. The molecule has 1 aromatic rings. The number of nitrogens with one attached hydrogen (secondary N) is 1. The van der Waals surface area contributed by atoms with Gasteiger partial charge in [0.25, 0.3) is 0 Å². The topological polar surface area (TPSA) is 42.0 Å². The highest BCUT2D eigenvalue weighted by Gasteiger charge is 2.11. The van der Waals surface area contributed by atoms with E-state index < -0.39 is 0 Å². The number of pyridine rings is 1. The Kier molecular flexibility index (Phi) is 4.13. The predicted molar refractivity (Wildman–Crippen MR) is 71.4 cm³/mol. The van der Waals surface area contributed by atoms with E-state index in [0.717, 1.165) is 50.2 Å². The summed E-state index contributed by atoms with van der Waals surface area (Å²) in [7, 11) is 0. The minimum Gasteiger partial charge on any atom is -0.370 e. The molecule has 1 aromatic heterocycles. The molecule has 0 saturated heterocycles. The summed E-state index contributed by atoms with van der Waals surface area (Å²) in [5.41, 5.74) is 2.47. The van der Waals surface area contributed by atoms with Crippen LogP contribution in [-0.4, -0.2) is 17.3 Å². The number of unbranched alkanes of at least 4 members (excludes halogenated alkanes) is 1. The SMILES string of the molecule is CCC(=O)CCCCc1ccc2c(n1)NCC2.[HH]. The van der Waals surface area contributed by atoms with E-state index in [2.05, 4.69) is 22.4 Å². The molecule has 0 unspecified atom stereocenters. The normalized spacial score (nSPS) is 13.2. The average molecular weight is 234 g/mol. The highest BCUT2D eigenvalue weighted by atomic mass is 16.1. The third kappa shape index (κ3) is 3.29. The van der Waals surface area contributed by atoms with E-state index in [1.54, 1.807) is 0 Å². The first kappa shape index (κ1) is 12.1. The van der Waals surface area contributed by atoms with Crippen molar-refractivity contribution in [2.75, 3.05) is 11.9 Å². The molecule has 0 fully saturated rings. The molecule has 2 rings (SSSR count). The molecule has 0 spiro atoms. The molecule has 0 aromatic carbocycles. The van der Waals surface area contributed by atoms with Crippen molar-refractivity contribution in [2.24, 2.45) is 0 Å². The third-order valence-electron chi connectivity index (χ3n) is 3.26. The Morgan fingerprint density at radius 1 is 1.47 bits per heavy atom. The van der Waals surface area contributed by atoms with Gasteiger partial charge in [-0.25, -0.2) is 4.98 Å². The summed E-state index contributed by atoms with van der Waals surface area (Å²) >= 11 is 0. The molecule has 3 heteroatoms. The fourth-order valence-corrected chi connectivity index (χ4v) is 2.14. The van der Waals surface area contributed by atoms with E-state index in [4.69, 9.17) is 0 Å². The largest absolute Gasteiger partial charge is 0.370 e. The minimum absolute atomic E-state index is 0. The molecule has 0 radical (unpaired) electrons. The van der Waals surface area contributed by atoms with Crippen LogP contribution in [0.2, 0.25) is 0 Å². The summed E-state index contributed by atoms with van der Waals surface area (Å²) in [6.07, 6.45) is 5.50. The van der Waals surface area contributed by atoms with Gasteiger partial charge < -0.3 is 5.32 Å². The summed E-state index contributed by atoms with van der Waals surface area (Å²) in [5, 5.41) is 3.29. The van der Waals surface area contributed by atoms with Gasteiger partial charge in [0.2, 0.25) is 0 Å². The highest BCUT2D eigenvalue weighted by Crippen LogP contribution is 2.20. The summed E-state index contributed by atoms with van der Waals surface area (Å²) in [6, 6.07) is 4.29. The molecule has 2 heterocycles. The van der Waals surface area contributed by atoms with Crippen LogP contribution < -0.4 is 5.32 Å². The van der Waals surface area contributed by atoms with Gasteiger partial charge in [-0.3, -0.25) is 4.79 Å². The Morgan fingerprint density at radius 3 is 3.18 bits per heavy atom. The van der Waals surface area contributed by atoms with Crippen molar-refractivity contribution in [3.05, 3.63) is 23.4 Å². The van der Waals surface area contributed by atoms with E-state index in [9.17, 15) is 4.79 Å². The molecule has 94 valence electrons. The Hall–Kier alpha value is -1.38. The molecule has 17 heavy (non-hydrogen) atoms. The van der Waals surface area contributed by atoms with Crippen LogP contribution in [0.15, 0.2) is 12.1 Å². The van der Waals surface area contributed by atoms with E-state index in [0.29, 0.717) is 12.2 Å². The minimum atomic E-state index is 0. The summed E-state index contributed by atoms with van der Waals surface area (Å²) < 4.78 is 0. The van der Waals surface area contributed by atoms with Gasteiger partial charge in [0.15, 0.2) is 0 Å². The van der Waals surface area contributed by atoms with Crippen molar-refractivity contribution < 1.29 is 6.22 Å². The number of aromatic nitrogens is 1. The van der Waals surface area contributed by atoms with Crippen molar-refractivity contribution >= 4 is 11.6 Å². The van der Waals surface area contributed by atoms with Gasteiger partial charge in [-0.1, -0.05) is 13.0 Å².